The lowest BCUT2D eigenvalue weighted by Gasteiger charge is -2.06. The van der Waals surface area contributed by atoms with Crippen molar-refractivity contribution in [2.45, 2.75) is 25.6 Å². The third-order valence-electron chi connectivity index (χ3n) is 2.27. The molecule has 0 amide bonds. The number of rotatable bonds is 5. The first-order valence-electron chi connectivity index (χ1n) is 5.45. The Bertz CT molecular complexity index is 330. The monoisotopic (exact) mass is 284 g/mol. The van der Waals surface area contributed by atoms with Crippen molar-refractivity contribution in [3.63, 3.8) is 0 Å². The maximum atomic E-state index is 11.6. The number of hydrogen-bond donors (Lipinski definition) is 0. The van der Waals surface area contributed by atoms with Crippen molar-refractivity contribution in [1.82, 2.24) is 0 Å². The van der Waals surface area contributed by atoms with Gasteiger partial charge in [0.25, 0.3) is 0 Å². The Morgan fingerprint density at radius 1 is 1.31 bits per heavy atom. The van der Waals surface area contributed by atoms with Crippen LogP contribution in [0.4, 0.5) is 0 Å². The fraction of sp³-hybridized carbons (Fsp3) is 0.462. The zero-order chi connectivity index (χ0) is 12.0. The van der Waals surface area contributed by atoms with Gasteiger partial charge >= 0.3 is 5.97 Å². The van der Waals surface area contributed by atoms with Crippen molar-refractivity contribution in [3.8, 4) is 0 Å². The van der Waals surface area contributed by atoms with Crippen molar-refractivity contribution in [1.29, 1.82) is 0 Å². The van der Waals surface area contributed by atoms with E-state index in [-0.39, 0.29) is 5.97 Å². The summed E-state index contributed by atoms with van der Waals surface area (Å²) in [6.07, 6.45) is 0.908. The molecule has 2 nitrogen and oxygen atoms in total. The molecule has 1 aromatic carbocycles. The number of carbonyl (C=O) groups excluding carboxylic acids is 1. The molecule has 0 N–H and O–H groups in total. The molecule has 0 radical (unpaired) electrons. The number of halogens is 1. The molecule has 88 valence electrons. The van der Waals surface area contributed by atoms with Gasteiger partial charge in [0.2, 0.25) is 0 Å². The van der Waals surface area contributed by atoms with E-state index in [1.807, 2.05) is 12.1 Å². The smallest absolute Gasteiger partial charge is 0.338 e. The van der Waals surface area contributed by atoms with Crippen molar-refractivity contribution in [2.24, 2.45) is 5.92 Å². The summed E-state index contributed by atoms with van der Waals surface area (Å²) in [4.78, 5) is 11.6. The molecule has 0 aliphatic heterocycles. The molecule has 0 atom stereocenters. The summed E-state index contributed by atoms with van der Waals surface area (Å²) >= 11 is 3.36. The van der Waals surface area contributed by atoms with Gasteiger partial charge in [-0.05, 0) is 30.0 Å². The summed E-state index contributed by atoms with van der Waals surface area (Å²) in [6, 6.07) is 7.45. The second kappa shape index (κ2) is 6.69. The third kappa shape index (κ3) is 4.35. The third-order valence-corrected chi connectivity index (χ3v) is 2.92. The van der Waals surface area contributed by atoms with Crippen LogP contribution in [0.15, 0.2) is 24.3 Å². The number of carbonyl (C=O) groups is 1. The van der Waals surface area contributed by atoms with E-state index in [9.17, 15) is 4.79 Å². The first-order valence-corrected chi connectivity index (χ1v) is 6.57. The Labute approximate surface area is 105 Å². The molecule has 0 bridgehead atoms. The molecule has 0 saturated carbocycles. The summed E-state index contributed by atoms with van der Waals surface area (Å²) in [6.45, 7) is 4.72. The second-order valence-corrected chi connectivity index (χ2v) is 4.71. The normalized spacial score (nSPS) is 10.5. The van der Waals surface area contributed by atoms with Gasteiger partial charge < -0.3 is 4.74 Å². The lowest BCUT2D eigenvalue weighted by Crippen LogP contribution is -2.08. The number of hydrogen-bond acceptors (Lipinski definition) is 2. The molecule has 0 aliphatic carbocycles. The van der Waals surface area contributed by atoms with Crippen molar-refractivity contribution >= 4 is 21.9 Å². The number of benzene rings is 1. The predicted octanol–water partition coefficient (Wildman–Crippen LogP) is 3.78. The van der Waals surface area contributed by atoms with E-state index in [2.05, 4.69) is 29.8 Å². The van der Waals surface area contributed by atoms with Crippen LogP contribution in [0.2, 0.25) is 0 Å². The van der Waals surface area contributed by atoms with Crippen LogP contribution in [0.1, 0.15) is 36.2 Å². The molecule has 0 saturated heterocycles. The van der Waals surface area contributed by atoms with E-state index >= 15 is 0 Å². The molecule has 0 spiro atoms. The maximum absolute atomic E-state index is 11.6. The van der Waals surface area contributed by atoms with Gasteiger partial charge in [0.1, 0.15) is 0 Å². The first kappa shape index (κ1) is 13.2. The summed E-state index contributed by atoms with van der Waals surface area (Å²) in [5.41, 5.74) is 1.77. The Hall–Kier alpha value is -0.830. The van der Waals surface area contributed by atoms with E-state index in [1.54, 1.807) is 12.1 Å². The minimum atomic E-state index is -0.234. The van der Waals surface area contributed by atoms with Crippen LogP contribution < -0.4 is 0 Å². The Kier molecular flexibility index (Phi) is 5.53. The summed E-state index contributed by atoms with van der Waals surface area (Å²) in [5, 5.41) is 0.801. The number of esters is 1. The molecular formula is C13H17BrO2. The van der Waals surface area contributed by atoms with Crippen molar-refractivity contribution in [2.75, 3.05) is 6.61 Å². The molecule has 0 heterocycles. The molecule has 0 unspecified atom stereocenters. The molecule has 16 heavy (non-hydrogen) atoms. The highest BCUT2D eigenvalue weighted by atomic mass is 79.9. The fourth-order valence-electron chi connectivity index (χ4n) is 1.20. The van der Waals surface area contributed by atoms with Gasteiger partial charge in [-0.2, -0.15) is 0 Å². The Morgan fingerprint density at radius 3 is 2.44 bits per heavy atom. The highest BCUT2D eigenvalue weighted by molar-refractivity contribution is 9.08. The average Bonchev–Trinajstić information content (AvgIpc) is 2.28. The molecule has 0 aromatic heterocycles. The topological polar surface area (TPSA) is 26.3 Å². The van der Waals surface area contributed by atoms with Gasteiger partial charge in [0.15, 0.2) is 0 Å². The van der Waals surface area contributed by atoms with E-state index < -0.39 is 0 Å². The van der Waals surface area contributed by atoms with Gasteiger partial charge in [-0.1, -0.05) is 41.9 Å². The largest absolute Gasteiger partial charge is 0.462 e. The molecule has 3 heteroatoms. The van der Waals surface area contributed by atoms with Crippen LogP contribution in [-0.4, -0.2) is 12.6 Å². The quantitative estimate of drug-likeness (QED) is 0.608. The number of alkyl halides is 1. The molecule has 1 aromatic rings. The lowest BCUT2D eigenvalue weighted by atomic mass is 10.1. The summed E-state index contributed by atoms with van der Waals surface area (Å²) in [7, 11) is 0. The Balaban J connectivity index is 2.46. The maximum Gasteiger partial charge on any atom is 0.338 e. The summed E-state index contributed by atoms with van der Waals surface area (Å²) < 4.78 is 5.16. The van der Waals surface area contributed by atoms with Gasteiger partial charge in [-0.15, -0.1) is 0 Å². The van der Waals surface area contributed by atoms with Crippen LogP contribution in [0, 0.1) is 5.92 Å². The van der Waals surface area contributed by atoms with Crippen LogP contribution >= 0.6 is 15.9 Å². The van der Waals surface area contributed by atoms with Crippen LogP contribution in [-0.2, 0) is 10.1 Å². The second-order valence-electron chi connectivity index (χ2n) is 4.15. The number of ether oxygens (including phenoxy) is 1. The van der Waals surface area contributed by atoms with E-state index in [4.69, 9.17) is 4.74 Å². The Morgan fingerprint density at radius 2 is 1.94 bits per heavy atom. The van der Waals surface area contributed by atoms with Crippen LogP contribution in [0.3, 0.4) is 0 Å². The highest BCUT2D eigenvalue weighted by Crippen LogP contribution is 2.09. The van der Waals surface area contributed by atoms with E-state index in [0.29, 0.717) is 18.1 Å². The van der Waals surface area contributed by atoms with Gasteiger partial charge in [-0.25, -0.2) is 4.79 Å². The SMILES string of the molecule is CC(C)CCOC(=O)c1ccc(CBr)cc1. The van der Waals surface area contributed by atoms with Gasteiger partial charge in [0.05, 0.1) is 12.2 Å². The zero-order valence-electron chi connectivity index (χ0n) is 9.70. The van der Waals surface area contributed by atoms with Gasteiger partial charge in [0, 0.05) is 5.33 Å². The van der Waals surface area contributed by atoms with Crippen molar-refractivity contribution in [3.05, 3.63) is 35.4 Å². The predicted molar refractivity (Wildman–Crippen MR) is 68.8 cm³/mol. The average molecular weight is 285 g/mol. The highest BCUT2D eigenvalue weighted by Gasteiger charge is 2.06. The standard InChI is InChI=1S/C13H17BrO2/c1-10(2)7-8-16-13(15)12-5-3-11(9-14)4-6-12/h3-6,10H,7-9H2,1-2H3. The zero-order valence-corrected chi connectivity index (χ0v) is 11.3. The molecule has 0 fully saturated rings. The van der Waals surface area contributed by atoms with E-state index in [1.165, 1.54) is 0 Å². The van der Waals surface area contributed by atoms with Crippen LogP contribution in [0.25, 0.3) is 0 Å². The van der Waals surface area contributed by atoms with Crippen LogP contribution in [0.5, 0.6) is 0 Å². The minimum Gasteiger partial charge on any atom is -0.462 e. The summed E-state index contributed by atoms with van der Waals surface area (Å²) in [5.74, 6) is 0.324. The first-order chi connectivity index (χ1) is 7.63. The lowest BCUT2D eigenvalue weighted by molar-refractivity contribution is 0.0488. The van der Waals surface area contributed by atoms with Gasteiger partial charge in [-0.3, -0.25) is 0 Å². The van der Waals surface area contributed by atoms with Crippen molar-refractivity contribution < 1.29 is 9.53 Å². The van der Waals surface area contributed by atoms with E-state index in [0.717, 1.165) is 17.3 Å². The molecule has 1 rings (SSSR count). The molecule has 0 aliphatic rings. The fourth-order valence-corrected chi connectivity index (χ4v) is 1.57. The minimum absolute atomic E-state index is 0.234. The molecular weight excluding hydrogens is 268 g/mol.